The first-order valence-corrected chi connectivity index (χ1v) is 14.7. The van der Waals surface area contributed by atoms with Crippen molar-refractivity contribution >= 4 is 10.9 Å². The van der Waals surface area contributed by atoms with Crippen molar-refractivity contribution in [2.24, 2.45) is 46.3 Å². The molecule has 0 radical (unpaired) electrons. The first kappa shape index (κ1) is 25.5. The number of aromatic amines is 1. The zero-order valence-electron chi connectivity index (χ0n) is 22.5. The molecular weight excluding hydrogens is 467 g/mol. The molecule has 37 heavy (non-hydrogen) atoms. The summed E-state index contributed by atoms with van der Waals surface area (Å²) in [5.41, 5.74) is 0.504. The van der Waals surface area contributed by atoms with Crippen molar-refractivity contribution in [1.82, 2.24) is 9.97 Å². The summed E-state index contributed by atoms with van der Waals surface area (Å²) in [4.78, 5) is 19.9. The number of aliphatic hydroxyl groups excluding tert-OH is 2. The molecule has 0 amide bonds. The molecule has 1 heterocycles. The van der Waals surface area contributed by atoms with Gasteiger partial charge in [-0.3, -0.25) is 4.79 Å². The number of aryl methyl sites for hydroxylation is 1. The van der Waals surface area contributed by atoms with Gasteiger partial charge in [0.2, 0.25) is 0 Å². The minimum Gasteiger partial charge on any atom is -0.393 e. The van der Waals surface area contributed by atoms with E-state index in [4.69, 9.17) is 0 Å². The molecule has 1 aromatic heterocycles. The van der Waals surface area contributed by atoms with E-state index in [-0.39, 0.29) is 28.4 Å². The van der Waals surface area contributed by atoms with Crippen LogP contribution < -0.4 is 5.56 Å². The SMILES string of the molecule is C[C@H](CCc1nc2cccc(F)c2c(=O)[nH]1)[C@H]1CC[C@H]2[C@H]3C(CC[C@]12C)[C@@]1(C)CC[C@@H](O)C[C@H]1C[C@H]3O. The summed E-state index contributed by atoms with van der Waals surface area (Å²) in [6.45, 7) is 7.31. The van der Waals surface area contributed by atoms with Crippen LogP contribution in [0.3, 0.4) is 0 Å². The van der Waals surface area contributed by atoms with Crippen molar-refractivity contribution < 1.29 is 14.6 Å². The van der Waals surface area contributed by atoms with Gasteiger partial charge in [0.1, 0.15) is 17.0 Å². The Hall–Kier alpha value is -1.79. The van der Waals surface area contributed by atoms with Crippen molar-refractivity contribution in [3.05, 3.63) is 40.2 Å². The van der Waals surface area contributed by atoms with Gasteiger partial charge in [-0.15, -0.1) is 0 Å². The minimum atomic E-state index is -0.527. The molecule has 6 heteroatoms. The summed E-state index contributed by atoms with van der Waals surface area (Å²) in [5, 5.41) is 21.8. The molecule has 5 nitrogen and oxygen atoms in total. The Balaban J connectivity index is 1.18. The number of aliphatic hydroxyl groups is 2. The van der Waals surface area contributed by atoms with Gasteiger partial charge in [-0.2, -0.15) is 0 Å². The number of fused-ring (bicyclic) bond motifs is 6. The minimum absolute atomic E-state index is 0.0386. The van der Waals surface area contributed by atoms with E-state index in [1.54, 1.807) is 12.1 Å². The molecule has 6 rings (SSSR count). The number of hydrogen-bond acceptors (Lipinski definition) is 4. The van der Waals surface area contributed by atoms with Gasteiger partial charge in [0.05, 0.1) is 17.7 Å². The predicted octanol–water partition coefficient (Wildman–Crippen LogP) is 5.62. The maximum Gasteiger partial charge on any atom is 0.261 e. The lowest BCUT2D eigenvalue weighted by molar-refractivity contribution is -0.174. The van der Waals surface area contributed by atoms with E-state index in [2.05, 4.69) is 30.7 Å². The summed E-state index contributed by atoms with van der Waals surface area (Å²) < 4.78 is 14.1. The molecule has 0 aliphatic heterocycles. The molecule has 0 spiro atoms. The highest BCUT2D eigenvalue weighted by molar-refractivity contribution is 5.77. The summed E-state index contributed by atoms with van der Waals surface area (Å²) in [5.74, 6) is 3.12. The standard InChI is InChI=1S/C31H43FN2O3/c1-17(7-10-26-33-24-6-4-5-23(32)28(24)29(37)34-26)20-8-9-21-27-22(12-14-31(20,21)3)30(2)13-11-19(35)15-18(30)16-25(27)36/h4-6,17-22,25,27,35-36H,7-16H2,1-3H3,(H,33,34,37)/t17-,18+,19-,20-,21+,22?,25-,27+,30+,31-/m1/s1. The zero-order valence-corrected chi connectivity index (χ0v) is 22.5. The molecule has 0 saturated heterocycles. The summed E-state index contributed by atoms with van der Waals surface area (Å²) in [6.07, 6.45) is 9.67. The first-order valence-electron chi connectivity index (χ1n) is 14.7. The van der Waals surface area contributed by atoms with Crippen LogP contribution in [0.4, 0.5) is 4.39 Å². The fourth-order valence-corrected chi connectivity index (χ4v) is 10.1. The summed E-state index contributed by atoms with van der Waals surface area (Å²) in [6, 6.07) is 4.60. The van der Waals surface area contributed by atoms with Gasteiger partial charge in [-0.05, 0) is 116 Å². The van der Waals surface area contributed by atoms with Crippen molar-refractivity contribution in [3.63, 3.8) is 0 Å². The van der Waals surface area contributed by atoms with Gasteiger partial charge in [0.25, 0.3) is 5.56 Å². The maximum atomic E-state index is 14.1. The number of rotatable bonds is 4. The van der Waals surface area contributed by atoms with Gasteiger partial charge in [-0.25, -0.2) is 9.37 Å². The van der Waals surface area contributed by atoms with Crippen LogP contribution in [-0.2, 0) is 6.42 Å². The van der Waals surface area contributed by atoms with Crippen LogP contribution >= 0.6 is 0 Å². The molecule has 2 aromatic rings. The van der Waals surface area contributed by atoms with E-state index in [9.17, 15) is 19.4 Å². The van der Waals surface area contributed by atoms with E-state index < -0.39 is 11.4 Å². The highest BCUT2D eigenvalue weighted by atomic mass is 19.1. The van der Waals surface area contributed by atoms with Crippen LogP contribution in [0.15, 0.2) is 23.0 Å². The third kappa shape index (κ3) is 4.00. The highest BCUT2D eigenvalue weighted by Crippen LogP contribution is 2.68. The molecule has 4 fully saturated rings. The molecule has 4 saturated carbocycles. The van der Waals surface area contributed by atoms with Crippen molar-refractivity contribution in [2.45, 2.75) is 97.2 Å². The third-order valence-corrected chi connectivity index (χ3v) is 12.0. The van der Waals surface area contributed by atoms with Crippen LogP contribution in [0, 0.1) is 52.2 Å². The third-order valence-electron chi connectivity index (χ3n) is 12.0. The Bertz CT molecular complexity index is 1230. The van der Waals surface area contributed by atoms with Crippen molar-refractivity contribution in [1.29, 1.82) is 0 Å². The lowest BCUT2D eigenvalue weighted by Gasteiger charge is -2.62. The number of halogens is 1. The average Bonchev–Trinajstić information content (AvgIpc) is 3.21. The zero-order chi connectivity index (χ0) is 26.1. The second-order valence-corrected chi connectivity index (χ2v) is 13.6. The van der Waals surface area contributed by atoms with Gasteiger partial charge in [0, 0.05) is 6.42 Å². The Kier molecular flexibility index (Phi) is 6.30. The number of benzene rings is 1. The second-order valence-electron chi connectivity index (χ2n) is 13.6. The molecule has 1 unspecified atom stereocenters. The van der Waals surface area contributed by atoms with E-state index in [1.807, 2.05) is 0 Å². The van der Waals surface area contributed by atoms with Crippen LogP contribution in [0.1, 0.15) is 84.4 Å². The number of hydrogen-bond donors (Lipinski definition) is 3. The Morgan fingerprint density at radius 2 is 1.84 bits per heavy atom. The number of aromatic nitrogens is 2. The Labute approximate surface area is 219 Å². The van der Waals surface area contributed by atoms with Crippen LogP contribution in [-0.4, -0.2) is 32.4 Å². The van der Waals surface area contributed by atoms with Crippen LogP contribution in [0.5, 0.6) is 0 Å². The molecule has 3 N–H and O–H groups in total. The quantitative estimate of drug-likeness (QED) is 0.498. The average molecular weight is 511 g/mol. The highest BCUT2D eigenvalue weighted by Gasteiger charge is 2.62. The van der Waals surface area contributed by atoms with Gasteiger partial charge >= 0.3 is 0 Å². The molecular formula is C31H43FN2O3. The second kappa shape index (κ2) is 9.15. The van der Waals surface area contributed by atoms with Crippen LogP contribution in [0.2, 0.25) is 0 Å². The first-order chi connectivity index (χ1) is 17.6. The Morgan fingerprint density at radius 3 is 2.65 bits per heavy atom. The molecule has 4 aliphatic rings. The fourth-order valence-electron chi connectivity index (χ4n) is 10.1. The monoisotopic (exact) mass is 510 g/mol. The van der Waals surface area contributed by atoms with Crippen LogP contribution in [0.25, 0.3) is 10.9 Å². The topological polar surface area (TPSA) is 86.2 Å². The normalized spacial score (nSPS) is 42.2. The molecule has 1 aromatic carbocycles. The summed E-state index contributed by atoms with van der Waals surface area (Å²) in [7, 11) is 0. The smallest absolute Gasteiger partial charge is 0.261 e. The number of nitrogens with zero attached hydrogens (tertiary/aromatic N) is 1. The Morgan fingerprint density at radius 1 is 1.08 bits per heavy atom. The van der Waals surface area contributed by atoms with Gasteiger partial charge in [0.15, 0.2) is 0 Å². The van der Waals surface area contributed by atoms with Crippen molar-refractivity contribution in [3.8, 4) is 0 Å². The van der Waals surface area contributed by atoms with E-state index in [1.165, 1.54) is 31.7 Å². The maximum absolute atomic E-state index is 14.1. The number of H-pyrrole nitrogens is 1. The van der Waals surface area contributed by atoms with Gasteiger partial charge < -0.3 is 15.2 Å². The largest absolute Gasteiger partial charge is 0.393 e. The predicted molar refractivity (Wildman–Crippen MR) is 142 cm³/mol. The lowest BCUT2D eigenvalue weighted by Crippen LogP contribution is -2.58. The molecule has 4 aliphatic carbocycles. The van der Waals surface area contributed by atoms with E-state index in [0.29, 0.717) is 53.3 Å². The summed E-state index contributed by atoms with van der Waals surface area (Å²) >= 11 is 0. The lowest BCUT2D eigenvalue weighted by atomic mass is 9.43. The van der Waals surface area contributed by atoms with E-state index in [0.717, 1.165) is 32.1 Å². The number of nitrogens with one attached hydrogen (secondary N) is 1. The van der Waals surface area contributed by atoms with Crippen molar-refractivity contribution in [2.75, 3.05) is 0 Å². The van der Waals surface area contributed by atoms with Gasteiger partial charge in [-0.1, -0.05) is 26.8 Å². The molecule has 0 bridgehead atoms. The van der Waals surface area contributed by atoms with E-state index >= 15 is 0 Å². The fraction of sp³-hybridized carbons (Fsp3) is 0.742. The molecule has 202 valence electrons. The molecule has 10 atom stereocenters.